The van der Waals surface area contributed by atoms with Crippen molar-refractivity contribution in [2.75, 3.05) is 5.32 Å². The Kier molecular flexibility index (Phi) is 4.19. The molecule has 0 aromatic heterocycles. The van der Waals surface area contributed by atoms with Gasteiger partial charge in [0, 0.05) is 5.56 Å². The topological polar surface area (TPSA) is 61.4 Å². The zero-order valence-electron chi connectivity index (χ0n) is 14.4. The van der Waals surface area contributed by atoms with E-state index in [2.05, 4.69) is 10.6 Å². The Morgan fingerprint density at radius 3 is 2.27 bits per heavy atom. The van der Waals surface area contributed by atoms with Crippen molar-refractivity contribution in [1.82, 2.24) is 5.32 Å². The molecule has 26 heavy (non-hydrogen) atoms. The van der Waals surface area contributed by atoms with E-state index in [9.17, 15) is 9.90 Å². The Morgan fingerprint density at radius 2 is 1.58 bits per heavy atom. The number of hydrogen-bond donors (Lipinski definition) is 3. The van der Waals surface area contributed by atoms with Gasteiger partial charge >= 0.3 is 6.03 Å². The number of aryl methyl sites for hydroxylation is 1. The number of benzene rings is 3. The van der Waals surface area contributed by atoms with Gasteiger partial charge in [-0.1, -0.05) is 66.7 Å². The predicted octanol–water partition coefficient (Wildman–Crippen LogP) is 4.30. The molecule has 4 heteroatoms. The molecule has 0 aliphatic carbocycles. The molecule has 3 aromatic rings. The van der Waals surface area contributed by atoms with Gasteiger partial charge < -0.3 is 15.7 Å². The molecule has 1 aliphatic heterocycles. The van der Waals surface area contributed by atoms with Crippen molar-refractivity contribution in [3.63, 3.8) is 0 Å². The summed E-state index contributed by atoms with van der Waals surface area (Å²) >= 11 is 0. The van der Waals surface area contributed by atoms with Gasteiger partial charge in [-0.3, -0.25) is 0 Å². The molecule has 0 radical (unpaired) electrons. The summed E-state index contributed by atoms with van der Waals surface area (Å²) in [5.74, 6) is 0. The largest absolute Gasteiger partial charge is 0.384 e. The van der Waals surface area contributed by atoms with E-state index < -0.39 is 6.10 Å². The van der Waals surface area contributed by atoms with Crippen molar-refractivity contribution in [1.29, 1.82) is 0 Å². The molecule has 4 nitrogen and oxygen atoms in total. The molecule has 4 rings (SSSR count). The summed E-state index contributed by atoms with van der Waals surface area (Å²) < 4.78 is 0. The maximum absolute atomic E-state index is 12.1. The smallest absolute Gasteiger partial charge is 0.320 e. The minimum atomic E-state index is -0.714. The standard InChI is InChI=1S/C22H20N2O2/c1-14-12-17(21(25)16-10-6-3-7-11-16)13-18-19(14)23-22(26)24-20(18)15-8-4-2-5-9-15/h2-13,20-21,25H,1H3,(H2,23,24,26). The van der Waals surface area contributed by atoms with E-state index in [1.165, 1.54) is 0 Å². The maximum atomic E-state index is 12.1. The molecule has 2 atom stereocenters. The lowest BCUT2D eigenvalue weighted by Gasteiger charge is -2.30. The number of aliphatic hydroxyl groups is 1. The van der Waals surface area contributed by atoms with Gasteiger partial charge in [0.2, 0.25) is 0 Å². The average molecular weight is 344 g/mol. The summed E-state index contributed by atoms with van der Waals surface area (Å²) in [7, 11) is 0. The summed E-state index contributed by atoms with van der Waals surface area (Å²) in [6.45, 7) is 1.95. The van der Waals surface area contributed by atoms with E-state index in [1.807, 2.05) is 79.7 Å². The lowest BCUT2D eigenvalue weighted by molar-refractivity contribution is 0.220. The third-order valence-corrected chi connectivity index (χ3v) is 4.78. The number of fused-ring (bicyclic) bond motifs is 1. The third kappa shape index (κ3) is 2.95. The molecule has 1 heterocycles. The highest BCUT2D eigenvalue weighted by molar-refractivity contribution is 5.94. The Hall–Kier alpha value is -3.11. The highest BCUT2D eigenvalue weighted by Crippen LogP contribution is 2.37. The zero-order valence-corrected chi connectivity index (χ0v) is 14.4. The molecule has 2 unspecified atom stereocenters. The molecular formula is C22H20N2O2. The summed E-state index contributed by atoms with van der Waals surface area (Å²) in [4.78, 5) is 12.1. The highest BCUT2D eigenvalue weighted by atomic mass is 16.3. The average Bonchev–Trinajstić information content (AvgIpc) is 2.68. The molecule has 1 aliphatic rings. The Balaban J connectivity index is 1.82. The summed E-state index contributed by atoms with van der Waals surface area (Å²) in [6, 6.07) is 22.9. The fourth-order valence-corrected chi connectivity index (χ4v) is 3.49. The van der Waals surface area contributed by atoms with Crippen molar-refractivity contribution in [3.8, 4) is 0 Å². The first kappa shape index (κ1) is 16.4. The lowest BCUT2D eigenvalue weighted by atomic mass is 9.89. The normalized spacial score (nSPS) is 17.0. The van der Waals surface area contributed by atoms with Crippen molar-refractivity contribution in [3.05, 3.63) is 101 Å². The van der Waals surface area contributed by atoms with E-state index >= 15 is 0 Å². The summed E-state index contributed by atoms with van der Waals surface area (Å²) in [6.07, 6.45) is -0.714. The number of carbonyl (C=O) groups is 1. The van der Waals surface area contributed by atoms with Gasteiger partial charge in [-0.05, 0) is 35.2 Å². The van der Waals surface area contributed by atoms with E-state index in [-0.39, 0.29) is 12.1 Å². The molecule has 0 fully saturated rings. The minimum absolute atomic E-state index is 0.217. The van der Waals surface area contributed by atoms with Crippen molar-refractivity contribution in [2.45, 2.75) is 19.1 Å². The van der Waals surface area contributed by atoms with Crippen LogP contribution in [0, 0.1) is 6.92 Å². The number of rotatable bonds is 3. The molecular weight excluding hydrogens is 324 g/mol. The number of nitrogens with one attached hydrogen (secondary N) is 2. The van der Waals surface area contributed by atoms with Gasteiger partial charge in [-0.15, -0.1) is 0 Å². The van der Waals surface area contributed by atoms with Crippen molar-refractivity contribution >= 4 is 11.7 Å². The number of amides is 2. The van der Waals surface area contributed by atoms with Crippen LogP contribution in [0.15, 0.2) is 72.8 Å². The molecule has 0 saturated carbocycles. The first-order valence-electron chi connectivity index (χ1n) is 8.63. The van der Waals surface area contributed by atoms with Gasteiger partial charge in [0.25, 0.3) is 0 Å². The molecule has 130 valence electrons. The van der Waals surface area contributed by atoms with Crippen LogP contribution in [-0.4, -0.2) is 11.1 Å². The van der Waals surface area contributed by atoms with Crippen LogP contribution in [0.25, 0.3) is 0 Å². The minimum Gasteiger partial charge on any atom is -0.384 e. The first-order chi connectivity index (χ1) is 12.6. The van der Waals surface area contributed by atoms with Crippen LogP contribution in [0.3, 0.4) is 0 Å². The fraction of sp³-hybridized carbons (Fsp3) is 0.136. The second-order valence-electron chi connectivity index (χ2n) is 6.56. The SMILES string of the molecule is Cc1cc(C(O)c2ccccc2)cc2c1NC(=O)NC2c1ccccc1. The third-order valence-electron chi connectivity index (χ3n) is 4.78. The second kappa shape index (κ2) is 6.65. The zero-order chi connectivity index (χ0) is 18.1. The van der Waals surface area contributed by atoms with Gasteiger partial charge in [-0.25, -0.2) is 4.79 Å². The number of anilines is 1. The second-order valence-corrected chi connectivity index (χ2v) is 6.56. The molecule has 0 spiro atoms. The van der Waals surface area contributed by atoms with Gasteiger partial charge in [0.05, 0.1) is 11.7 Å². The van der Waals surface area contributed by atoms with Gasteiger partial charge in [0.1, 0.15) is 6.10 Å². The Morgan fingerprint density at radius 1 is 0.923 bits per heavy atom. The van der Waals surface area contributed by atoms with Crippen LogP contribution in [0.1, 0.15) is 40.0 Å². The van der Waals surface area contributed by atoms with Crippen LogP contribution in [0.4, 0.5) is 10.5 Å². The fourth-order valence-electron chi connectivity index (χ4n) is 3.49. The molecule has 3 N–H and O–H groups in total. The highest BCUT2D eigenvalue weighted by Gasteiger charge is 2.28. The number of aliphatic hydroxyl groups excluding tert-OH is 1. The maximum Gasteiger partial charge on any atom is 0.320 e. The van der Waals surface area contributed by atoms with E-state index in [1.54, 1.807) is 0 Å². The van der Waals surface area contributed by atoms with Gasteiger partial charge in [-0.2, -0.15) is 0 Å². The summed E-state index contributed by atoms with van der Waals surface area (Å²) in [5.41, 5.74) is 5.37. The van der Waals surface area contributed by atoms with Crippen molar-refractivity contribution < 1.29 is 9.90 Å². The lowest BCUT2D eigenvalue weighted by Crippen LogP contribution is -2.38. The van der Waals surface area contributed by atoms with E-state index in [0.29, 0.717) is 0 Å². The monoisotopic (exact) mass is 344 g/mol. The van der Waals surface area contributed by atoms with E-state index in [0.717, 1.165) is 33.5 Å². The number of carbonyl (C=O) groups excluding carboxylic acids is 1. The summed E-state index contributed by atoms with van der Waals surface area (Å²) in [5, 5.41) is 16.7. The van der Waals surface area contributed by atoms with Crippen LogP contribution < -0.4 is 10.6 Å². The van der Waals surface area contributed by atoms with Crippen molar-refractivity contribution in [2.24, 2.45) is 0 Å². The molecule has 2 amide bonds. The van der Waals surface area contributed by atoms with Gasteiger partial charge in [0.15, 0.2) is 0 Å². The predicted molar refractivity (Wildman–Crippen MR) is 102 cm³/mol. The Bertz CT molecular complexity index is 939. The molecule has 0 bridgehead atoms. The number of urea groups is 1. The quantitative estimate of drug-likeness (QED) is 0.663. The number of hydrogen-bond acceptors (Lipinski definition) is 2. The van der Waals surface area contributed by atoms with Crippen LogP contribution in [-0.2, 0) is 0 Å². The van der Waals surface area contributed by atoms with Crippen LogP contribution in [0.5, 0.6) is 0 Å². The Labute approximate surface area is 152 Å². The van der Waals surface area contributed by atoms with Crippen LogP contribution >= 0.6 is 0 Å². The molecule has 3 aromatic carbocycles. The molecule has 0 saturated heterocycles. The van der Waals surface area contributed by atoms with E-state index in [4.69, 9.17) is 0 Å². The first-order valence-corrected chi connectivity index (χ1v) is 8.63. The van der Waals surface area contributed by atoms with Crippen LogP contribution in [0.2, 0.25) is 0 Å².